The molecule has 0 spiro atoms. The van der Waals surface area contributed by atoms with Gasteiger partial charge < -0.3 is 9.15 Å². The number of methoxy groups -OCH3 is 1. The first-order valence-corrected chi connectivity index (χ1v) is 12.0. The number of oxazole rings is 1. The summed E-state index contributed by atoms with van der Waals surface area (Å²) >= 11 is 13.0. The zero-order valence-electron chi connectivity index (χ0n) is 18.3. The van der Waals surface area contributed by atoms with E-state index in [1.165, 1.54) is 11.8 Å². The van der Waals surface area contributed by atoms with E-state index in [9.17, 15) is 4.79 Å². The number of ether oxygens (including phenoxy) is 1. The third-order valence-corrected chi connectivity index (χ3v) is 6.95. The molecule has 172 valence electrons. The minimum Gasteiger partial charge on any atom is -0.496 e. The smallest absolute Gasteiger partial charge is 0.257 e. The van der Waals surface area contributed by atoms with Gasteiger partial charge in [-0.25, -0.2) is 10.4 Å². The van der Waals surface area contributed by atoms with E-state index in [0.717, 1.165) is 28.0 Å². The number of para-hydroxylation sites is 2. The number of hydrogen-bond acceptors (Lipinski definition) is 6. The summed E-state index contributed by atoms with van der Waals surface area (Å²) in [5.41, 5.74) is 5.80. The Hall–Kier alpha value is -2.48. The predicted molar refractivity (Wildman–Crippen MR) is 133 cm³/mol. The number of aromatic nitrogens is 1. The number of amides is 1. The van der Waals surface area contributed by atoms with E-state index in [0.29, 0.717) is 11.0 Å². The molecule has 1 heterocycles. The van der Waals surface area contributed by atoms with E-state index >= 15 is 0 Å². The van der Waals surface area contributed by atoms with E-state index in [2.05, 4.69) is 15.5 Å². The van der Waals surface area contributed by atoms with Crippen molar-refractivity contribution in [3.05, 3.63) is 64.2 Å². The van der Waals surface area contributed by atoms with E-state index < -0.39 is 0 Å². The lowest BCUT2D eigenvalue weighted by Crippen LogP contribution is -2.21. The molecule has 33 heavy (non-hydrogen) atoms. The van der Waals surface area contributed by atoms with Crippen LogP contribution in [0.25, 0.3) is 11.1 Å². The van der Waals surface area contributed by atoms with Crippen LogP contribution in [0.15, 0.2) is 67.8 Å². The largest absolute Gasteiger partial charge is 0.496 e. The minimum atomic E-state index is -0.221. The number of nitrogens with zero attached hydrogens (tertiary/aromatic N) is 2. The zero-order valence-corrected chi connectivity index (χ0v) is 20.7. The highest BCUT2D eigenvalue weighted by Crippen LogP contribution is 2.59. The van der Waals surface area contributed by atoms with Gasteiger partial charge in [0.2, 0.25) is 5.91 Å². The number of nitrogens with one attached hydrogen (secondary N) is 1. The first-order valence-electron chi connectivity index (χ1n) is 10.3. The fourth-order valence-electron chi connectivity index (χ4n) is 3.91. The van der Waals surface area contributed by atoms with E-state index in [-0.39, 0.29) is 27.6 Å². The first-order chi connectivity index (χ1) is 15.8. The van der Waals surface area contributed by atoms with Crippen LogP contribution in [0.1, 0.15) is 25.0 Å². The van der Waals surface area contributed by atoms with Gasteiger partial charge in [-0.05, 0) is 53.3 Å². The maximum absolute atomic E-state index is 12.5. The van der Waals surface area contributed by atoms with Crippen LogP contribution < -0.4 is 10.2 Å². The second-order valence-electron chi connectivity index (χ2n) is 8.32. The Balaban J connectivity index is 1.40. The van der Waals surface area contributed by atoms with E-state index in [1.54, 1.807) is 19.4 Å². The van der Waals surface area contributed by atoms with E-state index in [4.69, 9.17) is 32.4 Å². The molecule has 1 saturated carbocycles. The van der Waals surface area contributed by atoms with Crippen LogP contribution in [0, 0.1) is 17.3 Å². The van der Waals surface area contributed by atoms with Crippen molar-refractivity contribution in [3.8, 4) is 5.75 Å². The molecule has 0 saturated heterocycles. The van der Waals surface area contributed by atoms with Crippen molar-refractivity contribution in [3.63, 3.8) is 0 Å². The highest BCUT2D eigenvalue weighted by molar-refractivity contribution is 7.98. The first kappa shape index (κ1) is 23.7. The molecule has 1 aliphatic rings. The maximum Gasteiger partial charge on any atom is 0.257 e. The van der Waals surface area contributed by atoms with Crippen molar-refractivity contribution >= 4 is 58.2 Å². The number of allylic oxidation sites excluding steroid dienone is 1. The number of carbonyl (C=O) groups is 1. The van der Waals surface area contributed by atoms with Crippen molar-refractivity contribution in [1.29, 1.82) is 0 Å². The Morgan fingerprint density at radius 1 is 1.30 bits per heavy atom. The van der Waals surface area contributed by atoms with Crippen molar-refractivity contribution in [2.45, 2.75) is 24.8 Å². The number of rotatable bonds is 8. The molecule has 2 atom stereocenters. The Morgan fingerprint density at radius 3 is 2.82 bits per heavy atom. The normalized spacial score (nSPS) is 18.9. The molecule has 2 aromatic carbocycles. The van der Waals surface area contributed by atoms with Crippen LogP contribution in [-0.4, -0.2) is 24.2 Å². The van der Waals surface area contributed by atoms with E-state index in [1.807, 2.05) is 56.3 Å². The average Bonchev–Trinajstić information content (AvgIpc) is 3.11. The van der Waals surface area contributed by atoms with Crippen LogP contribution in [-0.2, 0) is 10.5 Å². The molecular weight excluding hydrogens is 481 g/mol. The molecule has 1 N–H and O–H groups in total. The number of hydrazone groups is 1. The zero-order chi connectivity index (χ0) is 23.6. The molecule has 1 aliphatic carbocycles. The van der Waals surface area contributed by atoms with Crippen LogP contribution in [0.2, 0.25) is 0 Å². The SMILES string of the molecule is COc1ccc(C=NNC(=O)[C@H]2[C@H](C=C(Cl)Cl)C2(C)C)cc1CSc1nc2ccccc2o1. The summed E-state index contributed by atoms with van der Waals surface area (Å²) in [7, 11) is 1.63. The maximum atomic E-state index is 12.5. The van der Waals surface area contributed by atoms with Gasteiger partial charge in [0.15, 0.2) is 5.58 Å². The summed E-state index contributed by atoms with van der Waals surface area (Å²) in [5, 5.41) is 4.73. The van der Waals surface area contributed by atoms with Crippen molar-refractivity contribution < 1.29 is 13.9 Å². The molecular formula is C24H23Cl2N3O3S. The lowest BCUT2D eigenvalue weighted by atomic mass is 10.1. The molecule has 0 aliphatic heterocycles. The van der Waals surface area contributed by atoms with Crippen molar-refractivity contribution in [1.82, 2.24) is 10.4 Å². The number of fused-ring (bicyclic) bond motifs is 1. The van der Waals surface area contributed by atoms with Gasteiger partial charge in [0, 0.05) is 11.3 Å². The van der Waals surface area contributed by atoms with Gasteiger partial charge in [0.25, 0.3) is 5.22 Å². The topological polar surface area (TPSA) is 76.7 Å². The van der Waals surface area contributed by atoms with Gasteiger partial charge in [-0.15, -0.1) is 0 Å². The molecule has 0 radical (unpaired) electrons. The van der Waals surface area contributed by atoms with Crippen molar-refractivity contribution in [2.24, 2.45) is 22.4 Å². The van der Waals surface area contributed by atoms with Gasteiger partial charge in [0.05, 0.1) is 19.2 Å². The number of benzene rings is 2. The predicted octanol–water partition coefficient (Wildman–Crippen LogP) is 6.17. The molecule has 6 nitrogen and oxygen atoms in total. The highest BCUT2D eigenvalue weighted by atomic mass is 35.5. The van der Waals surface area contributed by atoms with Crippen molar-refractivity contribution in [2.75, 3.05) is 7.11 Å². The lowest BCUT2D eigenvalue weighted by Gasteiger charge is -2.08. The van der Waals surface area contributed by atoms with Gasteiger partial charge in [-0.1, -0.05) is 60.9 Å². The molecule has 9 heteroatoms. The summed E-state index contributed by atoms with van der Waals surface area (Å²) in [6, 6.07) is 13.4. The number of hydrogen-bond donors (Lipinski definition) is 1. The Morgan fingerprint density at radius 2 is 2.09 bits per heavy atom. The Labute approximate surface area is 206 Å². The number of halogens is 2. The van der Waals surface area contributed by atoms with Gasteiger partial charge >= 0.3 is 0 Å². The van der Waals surface area contributed by atoms with Gasteiger partial charge in [-0.2, -0.15) is 5.10 Å². The van der Waals surface area contributed by atoms with Gasteiger partial charge in [-0.3, -0.25) is 4.79 Å². The summed E-state index contributed by atoms with van der Waals surface area (Å²) in [6.45, 7) is 4.01. The second kappa shape index (κ2) is 9.79. The molecule has 4 rings (SSSR count). The fourth-order valence-corrected chi connectivity index (χ4v) is 5.00. The summed E-state index contributed by atoms with van der Waals surface area (Å²) in [5.74, 6) is 0.975. The minimum absolute atomic E-state index is 0.00540. The molecule has 1 amide bonds. The number of thioether (sulfide) groups is 1. The highest BCUT2D eigenvalue weighted by Gasteiger charge is 2.60. The third-order valence-electron chi connectivity index (χ3n) is 5.82. The quantitative estimate of drug-likeness (QED) is 0.226. The third kappa shape index (κ3) is 5.37. The monoisotopic (exact) mass is 503 g/mol. The standard InChI is InChI=1S/C24H23Cl2N3O3S/c1-24(2)16(11-20(25)26)21(24)22(30)29-27-12-14-8-9-18(31-3)15(10-14)13-33-23-28-17-6-4-5-7-19(17)32-23/h4-12,16,21H,13H2,1-3H3,(H,29,30)/t16-,21+/m0/s1. The van der Waals surface area contributed by atoms with Crippen LogP contribution >= 0.6 is 35.0 Å². The summed E-state index contributed by atoms with van der Waals surface area (Å²) in [6.07, 6.45) is 3.32. The second-order valence-corrected chi connectivity index (χ2v) is 10.3. The summed E-state index contributed by atoms with van der Waals surface area (Å²) < 4.78 is 11.4. The molecule has 0 bridgehead atoms. The Bertz CT molecular complexity index is 1200. The van der Waals surface area contributed by atoms with Gasteiger partial charge in [0.1, 0.15) is 15.8 Å². The average molecular weight is 504 g/mol. The van der Waals surface area contributed by atoms with Crippen LogP contribution in [0.3, 0.4) is 0 Å². The summed E-state index contributed by atoms with van der Waals surface area (Å²) in [4.78, 5) is 17.0. The molecule has 0 unspecified atom stereocenters. The fraction of sp³-hybridized carbons (Fsp3) is 0.292. The van der Waals surface area contributed by atoms with Crippen LogP contribution in [0.4, 0.5) is 0 Å². The molecule has 3 aromatic rings. The molecule has 1 aromatic heterocycles. The molecule has 1 fully saturated rings. The lowest BCUT2D eigenvalue weighted by molar-refractivity contribution is -0.123. The number of carbonyl (C=O) groups excluding carboxylic acids is 1. The Kier molecular flexibility index (Phi) is 7.02. The van der Waals surface area contributed by atoms with Crippen LogP contribution in [0.5, 0.6) is 5.75 Å².